The van der Waals surface area contributed by atoms with Crippen molar-refractivity contribution in [3.63, 3.8) is 0 Å². The average Bonchev–Trinajstić information content (AvgIpc) is 2.76. The lowest BCUT2D eigenvalue weighted by molar-refractivity contribution is -0.107. The van der Waals surface area contributed by atoms with E-state index < -0.39 is 0 Å². The van der Waals surface area contributed by atoms with Gasteiger partial charge in [0.15, 0.2) is 0 Å². The van der Waals surface area contributed by atoms with E-state index >= 15 is 0 Å². The highest BCUT2D eigenvalue weighted by Crippen LogP contribution is 2.32. The third-order valence-electron chi connectivity index (χ3n) is 4.90. The van der Waals surface area contributed by atoms with E-state index in [0.717, 1.165) is 28.8 Å². The maximum Gasteiger partial charge on any atom is 0.148 e. The Kier molecular flexibility index (Phi) is 4.46. The molecule has 0 aliphatic carbocycles. The lowest BCUT2D eigenvalue weighted by Crippen LogP contribution is -2.05. The van der Waals surface area contributed by atoms with Crippen molar-refractivity contribution in [3.8, 4) is 5.69 Å². The number of aryl methyl sites for hydroxylation is 6. The van der Waals surface area contributed by atoms with Gasteiger partial charge in [0.1, 0.15) is 17.8 Å². The average molecular weight is 335 g/mol. The second kappa shape index (κ2) is 6.43. The molecule has 0 atom stereocenters. The Morgan fingerprint density at radius 2 is 1.64 bits per heavy atom. The maximum atomic E-state index is 10.9. The third kappa shape index (κ3) is 2.86. The molecule has 3 aromatic rings. The summed E-state index contributed by atoms with van der Waals surface area (Å²) in [5.41, 5.74) is 9.22. The summed E-state index contributed by atoms with van der Waals surface area (Å²) >= 11 is 0. The Balaban J connectivity index is 2.40. The van der Waals surface area contributed by atoms with E-state index in [1.54, 1.807) is 0 Å². The van der Waals surface area contributed by atoms with E-state index in [1.165, 1.54) is 33.6 Å². The van der Waals surface area contributed by atoms with Crippen LogP contribution < -0.4 is 0 Å². The first-order chi connectivity index (χ1) is 11.8. The summed E-state index contributed by atoms with van der Waals surface area (Å²) in [6.07, 6.45) is 2.09. The lowest BCUT2D eigenvalue weighted by Gasteiger charge is -2.16. The zero-order valence-corrected chi connectivity index (χ0v) is 15.9. The molecule has 0 unspecified atom stereocenters. The van der Waals surface area contributed by atoms with Crippen LogP contribution in [0, 0.1) is 41.5 Å². The van der Waals surface area contributed by atoms with Crippen molar-refractivity contribution in [3.05, 3.63) is 51.6 Å². The number of carbonyl (C=O) groups is 1. The van der Waals surface area contributed by atoms with Gasteiger partial charge in [0.05, 0.1) is 11.4 Å². The van der Waals surface area contributed by atoms with Gasteiger partial charge in [-0.2, -0.15) is 0 Å². The molecule has 0 aliphatic heterocycles. The Morgan fingerprint density at radius 3 is 2.24 bits per heavy atom. The van der Waals surface area contributed by atoms with Crippen LogP contribution in [0.25, 0.3) is 16.7 Å². The summed E-state index contributed by atoms with van der Waals surface area (Å²) in [6, 6.07) is 4.43. The molecule has 0 aliphatic rings. The normalized spacial score (nSPS) is 11.3. The summed E-state index contributed by atoms with van der Waals surface area (Å²) in [6.45, 7) is 12.6. The number of hydrogen-bond acceptors (Lipinski definition) is 3. The fraction of sp³-hybridized carbons (Fsp3) is 0.381. The summed E-state index contributed by atoms with van der Waals surface area (Å²) in [4.78, 5) is 20.2. The standard InChI is InChI=1S/C21H25N3O/c1-12-10-13(2)20(14(3)11-12)24-16(5)15(4)19-18(8-7-9-25)22-17(6)23-21(19)24/h9-11H,7-8H2,1-6H3. The van der Waals surface area contributed by atoms with Crippen LogP contribution in [-0.4, -0.2) is 20.8 Å². The highest BCUT2D eigenvalue weighted by molar-refractivity contribution is 5.87. The third-order valence-corrected chi connectivity index (χ3v) is 4.90. The van der Waals surface area contributed by atoms with Crippen LogP contribution >= 0.6 is 0 Å². The molecule has 3 rings (SSSR count). The molecular weight excluding hydrogens is 310 g/mol. The van der Waals surface area contributed by atoms with E-state index in [1.807, 2.05) is 6.92 Å². The van der Waals surface area contributed by atoms with E-state index in [2.05, 4.69) is 56.3 Å². The predicted molar refractivity (Wildman–Crippen MR) is 102 cm³/mol. The van der Waals surface area contributed by atoms with Crippen molar-refractivity contribution in [2.45, 2.75) is 54.4 Å². The van der Waals surface area contributed by atoms with Gasteiger partial charge in [-0.05, 0) is 64.7 Å². The van der Waals surface area contributed by atoms with Gasteiger partial charge in [-0.25, -0.2) is 9.97 Å². The molecule has 4 nitrogen and oxygen atoms in total. The minimum atomic E-state index is 0.484. The van der Waals surface area contributed by atoms with Crippen LogP contribution in [0.1, 0.15) is 45.9 Å². The lowest BCUT2D eigenvalue weighted by atomic mass is 10.0. The number of fused-ring (bicyclic) bond motifs is 1. The molecular formula is C21H25N3O. The molecule has 0 spiro atoms. The van der Waals surface area contributed by atoms with Gasteiger partial charge in [0.25, 0.3) is 0 Å². The van der Waals surface area contributed by atoms with Gasteiger partial charge in [-0.3, -0.25) is 4.57 Å². The Morgan fingerprint density at radius 1 is 1.00 bits per heavy atom. The number of carbonyl (C=O) groups excluding carboxylic acids is 1. The monoisotopic (exact) mass is 335 g/mol. The summed E-state index contributed by atoms with van der Waals surface area (Å²) < 4.78 is 2.26. The van der Waals surface area contributed by atoms with Crippen molar-refractivity contribution in [2.24, 2.45) is 0 Å². The molecule has 0 saturated carbocycles. The van der Waals surface area contributed by atoms with Gasteiger partial charge < -0.3 is 4.79 Å². The van der Waals surface area contributed by atoms with Crippen molar-refractivity contribution in [2.75, 3.05) is 0 Å². The smallest absolute Gasteiger partial charge is 0.148 e. The maximum absolute atomic E-state index is 10.9. The number of aldehydes is 1. The molecule has 0 saturated heterocycles. The van der Waals surface area contributed by atoms with Crippen LogP contribution in [0.3, 0.4) is 0 Å². The highest BCUT2D eigenvalue weighted by Gasteiger charge is 2.20. The van der Waals surface area contributed by atoms with Crippen LogP contribution in [0.5, 0.6) is 0 Å². The number of rotatable bonds is 4. The van der Waals surface area contributed by atoms with Crippen molar-refractivity contribution in [1.29, 1.82) is 0 Å². The van der Waals surface area contributed by atoms with Gasteiger partial charge in [0.2, 0.25) is 0 Å². The number of benzene rings is 1. The molecule has 130 valence electrons. The van der Waals surface area contributed by atoms with E-state index in [4.69, 9.17) is 4.98 Å². The molecule has 0 bridgehead atoms. The molecule has 4 heteroatoms. The van der Waals surface area contributed by atoms with E-state index in [-0.39, 0.29) is 0 Å². The first kappa shape index (κ1) is 17.3. The molecule has 0 radical (unpaired) electrons. The SMILES string of the molecule is Cc1cc(C)c(-n2c(C)c(C)c3c(CCC=O)nc(C)nc32)c(C)c1. The van der Waals surface area contributed by atoms with Crippen LogP contribution in [0.2, 0.25) is 0 Å². The van der Waals surface area contributed by atoms with Crippen LogP contribution in [-0.2, 0) is 11.2 Å². The van der Waals surface area contributed by atoms with Crippen molar-refractivity contribution in [1.82, 2.24) is 14.5 Å². The molecule has 1 aromatic carbocycles. The molecule has 0 amide bonds. The van der Waals surface area contributed by atoms with Gasteiger partial charge in [-0.15, -0.1) is 0 Å². The highest BCUT2D eigenvalue weighted by atomic mass is 16.1. The Hall–Kier alpha value is -2.49. The number of aromatic nitrogens is 3. The first-order valence-corrected chi connectivity index (χ1v) is 8.72. The number of hydrogen-bond donors (Lipinski definition) is 0. The van der Waals surface area contributed by atoms with Crippen molar-refractivity contribution >= 4 is 17.3 Å². The molecule has 25 heavy (non-hydrogen) atoms. The zero-order chi connectivity index (χ0) is 18.3. The van der Waals surface area contributed by atoms with E-state index in [9.17, 15) is 4.79 Å². The minimum Gasteiger partial charge on any atom is -0.303 e. The molecule has 0 N–H and O–H groups in total. The fourth-order valence-corrected chi connectivity index (χ4v) is 3.84. The Labute approximate surface area is 148 Å². The van der Waals surface area contributed by atoms with Crippen molar-refractivity contribution < 1.29 is 4.79 Å². The Bertz CT molecular complexity index is 960. The first-order valence-electron chi connectivity index (χ1n) is 8.72. The predicted octanol–water partition coefficient (Wildman–Crippen LogP) is 4.40. The summed E-state index contributed by atoms with van der Waals surface area (Å²) in [7, 11) is 0. The summed E-state index contributed by atoms with van der Waals surface area (Å²) in [5, 5.41) is 1.09. The largest absolute Gasteiger partial charge is 0.303 e. The second-order valence-corrected chi connectivity index (χ2v) is 6.91. The summed E-state index contributed by atoms with van der Waals surface area (Å²) in [5.74, 6) is 0.745. The van der Waals surface area contributed by atoms with Crippen LogP contribution in [0.4, 0.5) is 0 Å². The van der Waals surface area contributed by atoms with E-state index in [0.29, 0.717) is 12.8 Å². The van der Waals surface area contributed by atoms with Gasteiger partial charge in [-0.1, -0.05) is 17.7 Å². The minimum absolute atomic E-state index is 0.484. The molecule has 2 aromatic heterocycles. The molecule has 0 fully saturated rings. The topological polar surface area (TPSA) is 47.8 Å². The quantitative estimate of drug-likeness (QED) is 0.664. The van der Waals surface area contributed by atoms with Crippen LogP contribution in [0.15, 0.2) is 12.1 Å². The number of nitrogens with zero attached hydrogens (tertiary/aromatic N) is 3. The molecule has 2 heterocycles. The van der Waals surface area contributed by atoms with Gasteiger partial charge >= 0.3 is 0 Å². The second-order valence-electron chi connectivity index (χ2n) is 6.91. The van der Waals surface area contributed by atoms with Gasteiger partial charge in [0, 0.05) is 17.5 Å². The fourth-order valence-electron chi connectivity index (χ4n) is 3.84. The zero-order valence-electron chi connectivity index (χ0n) is 15.9.